The van der Waals surface area contributed by atoms with E-state index in [9.17, 15) is 14.0 Å². The fourth-order valence-electron chi connectivity index (χ4n) is 4.34. The molecule has 0 unspecified atom stereocenters. The first-order valence-corrected chi connectivity index (χ1v) is 11.1. The first-order valence-electron chi connectivity index (χ1n) is 10.7. The Morgan fingerprint density at radius 3 is 2.34 bits per heavy atom. The molecular formula is C25H26ClFN2O3. The number of esters is 1. The Bertz CT molecular complexity index is 1100. The van der Waals surface area contributed by atoms with E-state index in [1.54, 1.807) is 44.2 Å². The molecule has 1 fully saturated rings. The van der Waals surface area contributed by atoms with Crippen LogP contribution >= 0.6 is 11.6 Å². The first kappa shape index (κ1) is 22.5. The highest BCUT2D eigenvalue weighted by atomic mass is 35.5. The Morgan fingerprint density at radius 2 is 1.72 bits per heavy atom. The summed E-state index contributed by atoms with van der Waals surface area (Å²) in [6, 6.07) is 11.3. The lowest BCUT2D eigenvalue weighted by Crippen LogP contribution is -2.49. The maximum atomic E-state index is 13.4. The number of halogens is 2. The third-order valence-corrected chi connectivity index (χ3v) is 6.41. The number of benzene rings is 2. The third-order valence-electron chi connectivity index (χ3n) is 6.08. The lowest BCUT2D eigenvalue weighted by atomic mass is 9.80. The number of carbonyl (C=O) groups is 2. The van der Waals surface area contributed by atoms with Gasteiger partial charge in [-0.15, -0.1) is 0 Å². The molecule has 1 heterocycles. The molecule has 4 rings (SSSR count). The maximum absolute atomic E-state index is 13.4. The zero-order valence-electron chi connectivity index (χ0n) is 18.1. The van der Waals surface area contributed by atoms with Crippen molar-refractivity contribution in [2.24, 2.45) is 5.73 Å². The summed E-state index contributed by atoms with van der Waals surface area (Å²) in [7, 11) is 0. The standard InChI is InChI=1S/C25H26ClFN2O3/c1-24(2,28)23(31)32-21-20(22(30)29-25(21)12-4-3-5-13-25)18-14-16(8-11-19(18)26)15-6-9-17(27)10-7-15/h6-11,14H,3-5,12-13,28H2,1-2H3,(H,29,30). The number of rotatable bonds is 4. The van der Waals surface area contributed by atoms with Gasteiger partial charge in [-0.05, 0) is 62.1 Å². The lowest BCUT2D eigenvalue weighted by molar-refractivity contribution is -0.145. The number of hydrogen-bond acceptors (Lipinski definition) is 4. The normalized spacial score (nSPS) is 18.1. The smallest absolute Gasteiger partial charge is 0.330 e. The highest BCUT2D eigenvalue weighted by Crippen LogP contribution is 2.45. The molecule has 1 amide bonds. The van der Waals surface area contributed by atoms with Crippen molar-refractivity contribution in [3.63, 3.8) is 0 Å². The second-order valence-corrected chi connectivity index (χ2v) is 9.52. The van der Waals surface area contributed by atoms with Crippen molar-refractivity contribution in [2.75, 3.05) is 0 Å². The Morgan fingerprint density at radius 1 is 1.09 bits per heavy atom. The van der Waals surface area contributed by atoms with Crippen LogP contribution in [0, 0.1) is 5.82 Å². The summed E-state index contributed by atoms with van der Waals surface area (Å²) in [4.78, 5) is 26.0. The molecule has 1 spiro atoms. The van der Waals surface area contributed by atoms with Crippen molar-refractivity contribution >= 4 is 29.1 Å². The number of nitrogens with one attached hydrogen (secondary N) is 1. The van der Waals surface area contributed by atoms with Gasteiger partial charge in [-0.2, -0.15) is 0 Å². The number of nitrogens with two attached hydrogens (primary N) is 1. The largest absolute Gasteiger partial charge is 0.426 e. The van der Waals surface area contributed by atoms with Crippen molar-refractivity contribution in [3.8, 4) is 11.1 Å². The van der Waals surface area contributed by atoms with Crippen LogP contribution in [0.1, 0.15) is 51.5 Å². The van der Waals surface area contributed by atoms with E-state index in [1.807, 2.05) is 0 Å². The number of hydrogen-bond donors (Lipinski definition) is 2. The minimum Gasteiger partial charge on any atom is -0.426 e. The van der Waals surface area contributed by atoms with Gasteiger partial charge in [0.25, 0.3) is 5.91 Å². The zero-order chi connectivity index (χ0) is 23.1. The van der Waals surface area contributed by atoms with Crippen molar-refractivity contribution < 1.29 is 18.7 Å². The summed E-state index contributed by atoms with van der Waals surface area (Å²) in [5.41, 5.74) is 6.26. The summed E-state index contributed by atoms with van der Waals surface area (Å²) in [5.74, 6) is -0.984. The van der Waals surface area contributed by atoms with Gasteiger partial charge in [0.2, 0.25) is 0 Å². The maximum Gasteiger partial charge on any atom is 0.330 e. The van der Waals surface area contributed by atoms with E-state index in [0.29, 0.717) is 29.2 Å². The van der Waals surface area contributed by atoms with Gasteiger partial charge in [-0.25, -0.2) is 9.18 Å². The van der Waals surface area contributed by atoms with Gasteiger partial charge in [0, 0.05) is 10.6 Å². The van der Waals surface area contributed by atoms with Crippen molar-refractivity contribution in [3.05, 3.63) is 64.6 Å². The zero-order valence-corrected chi connectivity index (χ0v) is 18.9. The van der Waals surface area contributed by atoms with Crippen LogP contribution in [0.4, 0.5) is 4.39 Å². The summed E-state index contributed by atoms with van der Waals surface area (Å²) >= 11 is 6.53. The Hall–Kier alpha value is -2.70. The number of carbonyl (C=O) groups excluding carboxylic acids is 2. The van der Waals surface area contributed by atoms with Crippen molar-refractivity contribution in [2.45, 2.75) is 57.0 Å². The van der Waals surface area contributed by atoms with E-state index in [4.69, 9.17) is 22.1 Å². The molecule has 1 saturated carbocycles. The molecule has 0 radical (unpaired) electrons. The van der Waals surface area contributed by atoms with Gasteiger partial charge in [-0.3, -0.25) is 4.79 Å². The van der Waals surface area contributed by atoms with E-state index in [2.05, 4.69) is 5.32 Å². The molecular weight excluding hydrogens is 431 g/mol. The minimum atomic E-state index is -1.22. The summed E-state index contributed by atoms with van der Waals surface area (Å²) in [6.07, 6.45) is 4.21. The van der Waals surface area contributed by atoms with Crippen LogP contribution in [0.2, 0.25) is 5.02 Å². The molecule has 2 aromatic carbocycles. The molecule has 2 aromatic rings. The number of ether oxygens (including phenoxy) is 1. The second-order valence-electron chi connectivity index (χ2n) is 9.11. The summed E-state index contributed by atoms with van der Waals surface area (Å²) in [6.45, 7) is 3.13. The van der Waals surface area contributed by atoms with Crippen LogP contribution in [-0.2, 0) is 14.3 Å². The molecule has 0 aromatic heterocycles. The van der Waals surface area contributed by atoms with Gasteiger partial charge < -0.3 is 15.8 Å². The van der Waals surface area contributed by atoms with Crippen LogP contribution in [0.25, 0.3) is 16.7 Å². The molecule has 1 aliphatic carbocycles. The fraction of sp³-hybridized carbons (Fsp3) is 0.360. The van der Waals surface area contributed by atoms with Gasteiger partial charge in [0.15, 0.2) is 0 Å². The summed E-state index contributed by atoms with van der Waals surface area (Å²) in [5, 5.41) is 3.44. The molecule has 5 nitrogen and oxygen atoms in total. The average Bonchev–Trinajstić information content (AvgIpc) is 2.99. The first-order chi connectivity index (χ1) is 15.1. The van der Waals surface area contributed by atoms with Crippen molar-refractivity contribution in [1.82, 2.24) is 5.32 Å². The van der Waals surface area contributed by atoms with Gasteiger partial charge in [-0.1, -0.05) is 49.1 Å². The minimum absolute atomic E-state index is 0.249. The SMILES string of the molecule is CC(C)(N)C(=O)OC1=C(c2cc(-c3ccc(F)cc3)ccc2Cl)C(=O)NC12CCCCC2. The average molecular weight is 457 g/mol. The molecule has 168 valence electrons. The monoisotopic (exact) mass is 456 g/mol. The fourth-order valence-corrected chi connectivity index (χ4v) is 4.55. The molecule has 7 heteroatoms. The molecule has 0 bridgehead atoms. The molecule has 32 heavy (non-hydrogen) atoms. The second kappa shape index (κ2) is 8.34. The quantitative estimate of drug-likeness (QED) is 0.636. The predicted octanol–water partition coefficient (Wildman–Crippen LogP) is 4.97. The van der Waals surface area contributed by atoms with Crippen LogP contribution in [0.15, 0.2) is 48.2 Å². The van der Waals surface area contributed by atoms with Crippen LogP contribution in [-0.4, -0.2) is 23.0 Å². The molecule has 0 saturated heterocycles. The Balaban J connectivity index is 1.87. The van der Waals surface area contributed by atoms with Crippen molar-refractivity contribution in [1.29, 1.82) is 0 Å². The molecule has 0 atom stereocenters. The van der Waals surface area contributed by atoms with Crippen LogP contribution < -0.4 is 11.1 Å². The van der Waals surface area contributed by atoms with E-state index >= 15 is 0 Å². The molecule has 2 aliphatic rings. The molecule has 1 aliphatic heterocycles. The van der Waals surface area contributed by atoms with Crippen LogP contribution in [0.5, 0.6) is 0 Å². The van der Waals surface area contributed by atoms with E-state index in [0.717, 1.165) is 30.4 Å². The van der Waals surface area contributed by atoms with Gasteiger partial charge in [0.1, 0.15) is 17.1 Å². The van der Waals surface area contributed by atoms with Gasteiger partial charge in [0.05, 0.1) is 11.1 Å². The topological polar surface area (TPSA) is 81.4 Å². The molecule has 3 N–H and O–H groups in total. The highest BCUT2D eigenvalue weighted by molar-refractivity contribution is 6.36. The van der Waals surface area contributed by atoms with E-state index in [-0.39, 0.29) is 17.3 Å². The Kier molecular flexibility index (Phi) is 5.86. The Labute approximate surface area is 191 Å². The number of amides is 1. The third kappa shape index (κ3) is 4.17. The summed E-state index contributed by atoms with van der Waals surface area (Å²) < 4.78 is 19.2. The van der Waals surface area contributed by atoms with E-state index < -0.39 is 17.0 Å². The van der Waals surface area contributed by atoms with Gasteiger partial charge >= 0.3 is 5.97 Å². The van der Waals surface area contributed by atoms with Crippen LogP contribution in [0.3, 0.4) is 0 Å². The predicted molar refractivity (Wildman–Crippen MR) is 122 cm³/mol. The lowest BCUT2D eigenvalue weighted by Gasteiger charge is -2.35. The van der Waals surface area contributed by atoms with E-state index in [1.165, 1.54) is 12.1 Å². The highest BCUT2D eigenvalue weighted by Gasteiger charge is 2.49.